The van der Waals surface area contributed by atoms with Crippen molar-refractivity contribution in [1.82, 2.24) is 9.80 Å². The van der Waals surface area contributed by atoms with Crippen LogP contribution in [0.15, 0.2) is 36.4 Å². The minimum atomic E-state index is -0.398. The monoisotopic (exact) mass is 423 g/mol. The van der Waals surface area contributed by atoms with E-state index in [-0.39, 0.29) is 11.6 Å². The van der Waals surface area contributed by atoms with Gasteiger partial charge in [0.05, 0.1) is 22.1 Å². The third-order valence-electron chi connectivity index (χ3n) is 4.64. The highest BCUT2D eigenvalue weighted by Crippen LogP contribution is 2.34. The smallest absolute Gasteiger partial charge is 0.269 e. The summed E-state index contributed by atoms with van der Waals surface area (Å²) in [5, 5.41) is 11.5. The summed E-state index contributed by atoms with van der Waals surface area (Å²) in [5.74, 6) is 0.211. The molecule has 148 valence electrons. The third-order valence-corrected chi connectivity index (χ3v) is 5.20. The van der Waals surface area contributed by atoms with E-state index in [1.807, 2.05) is 6.07 Å². The Morgan fingerprint density at radius 1 is 1.14 bits per heavy atom. The number of piperazine rings is 1. The van der Waals surface area contributed by atoms with Gasteiger partial charge in [-0.2, -0.15) is 0 Å². The van der Waals surface area contributed by atoms with Gasteiger partial charge in [-0.05, 0) is 17.7 Å². The van der Waals surface area contributed by atoms with Crippen molar-refractivity contribution >= 4 is 34.8 Å². The van der Waals surface area contributed by atoms with E-state index in [4.69, 9.17) is 27.9 Å². The van der Waals surface area contributed by atoms with Gasteiger partial charge in [0.1, 0.15) is 0 Å². The summed E-state index contributed by atoms with van der Waals surface area (Å²) in [4.78, 5) is 27.2. The number of hydrogen-bond donors (Lipinski definition) is 0. The van der Waals surface area contributed by atoms with Crippen LogP contribution >= 0.6 is 23.2 Å². The lowest BCUT2D eigenvalue weighted by Gasteiger charge is -2.34. The van der Waals surface area contributed by atoms with Gasteiger partial charge < -0.3 is 9.64 Å². The van der Waals surface area contributed by atoms with Crippen molar-refractivity contribution in [3.63, 3.8) is 0 Å². The van der Waals surface area contributed by atoms with Crippen molar-refractivity contribution in [3.8, 4) is 5.75 Å². The predicted molar refractivity (Wildman–Crippen MR) is 107 cm³/mol. The molecule has 0 N–H and O–H groups in total. The molecule has 3 rings (SSSR count). The zero-order chi connectivity index (χ0) is 20.3. The fraction of sp³-hybridized carbons (Fsp3) is 0.316. The number of carbonyl (C=O) groups excluding carboxylic acids is 1. The Hall–Kier alpha value is -2.35. The maximum Gasteiger partial charge on any atom is 0.269 e. The highest BCUT2D eigenvalue weighted by Gasteiger charge is 2.24. The molecule has 1 aliphatic rings. The largest absolute Gasteiger partial charge is 0.494 e. The quantitative estimate of drug-likeness (QED) is 0.538. The first-order chi connectivity index (χ1) is 13.4. The summed E-state index contributed by atoms with van der Waals surface area (Å²) in [6, 6.07) is 9.73. The molecule has 0 aliphatic carbocycles. The molecule has 9 heteroatoms. The number of ether oxygens (including phenoxy) is 1. The summed E-state index contributed by atoms with van der Waals surface area (Å²) in [5.41, 5.74) is 1.38. The second-order valence-corrected chi connectivity index (χ2v) is 7.28. The van der Waals surface area contributed by atoms with Crippen LogP contribution in [0.1, 0.15) is 15.9 Å². The van der Waals surface area contributed by atoms with Crippen molar-refractivity contribution in [2.75, 3.05) is 33.3 Å². The molecular weight excluding hydrogens is 405 g/mol. The zero-order valence-electron chi connectivity index (χ0n) is 15.2. The molecule has 7 nitrogen and oxygen atoms in total. The van der Waals surface area contributed by atoms with Crippen LogP contribution in [0.2, 0.25) is 10.0 Å². The van der Waals surface area contributed by atoms with Crippen molar-refractivity contribution in [2.24, 2.45) is 0 Å². The number of carbonyl (C=O) groups is 1. The van der Waals surface area contributed by atoms with Gasteiger partial charge in [-0.1, -0.05) is 35.3 Å². The number of halogens is 2. The Morgan fingerprint density at radius 3 is 2.36 bits per heavy atom. The standard InChI is InChI=1S/C19H19Cl2N3O4/c1-28-18-16(20)10-14(11-17(18)21)19(25)23-7-5-22(6-8-23)12-13-3-2-4-15(9-13)24(26)27/h2-4,9-11H,5-8,12H2,1H3. The van der Waals surface area contributed by atoms with Crippen molar-refractivity contribution in [1.29, 1.82) is 0 Å². The summed E-state index contributed by atoms with van der Waals surface area (Å²) in [7, 11) is 1.47. The van der Waals surface area contributed by atoms with E-state index in [0.717, 1.165) is 5.56 Å². The van der Waals surface area contributed by atoms with E-state index in [1.165, 1.54) is 13.2 Å². The number of rotatable bonds is 5. The molecule has 1 aliphatic heterocycles. The number of nitro benzene ring substituents is 1. The highest BCUT2D eigenvalue weighted by molar-refractivity contribution is 6.37. The summed E-state index contributed by atoms with van der Waals surface area (Å²) < 4.78 is 5.11. The van der Waals surface area contributed by atoms with E-state index >= 15 is 0 Å². The van der Waals surface area contributed by atoms with Crippen LogP contribution in [-0.4, -0.2) is 53.9 Å². The van der Waals surface area contributed by atoms with Crippen LogP contribution in [0.3, 0.4) is 0 Å². The molecular formula is C19H19Cl2N3O4. The first-order valence-corrected chi connectivity index (χ1v) is 9.42. The molecule has 1 fully saturated rings. The van der Waals surface area contributed by atoms with Crippen molar-refractivity contribution < 1.29 is 14.5 Å². The van der Waals surface area contributed by atoms with Crippen LogP contribution in [0.25, 0.3) is 0 Å². The molecule has 0 radical (unpaired) electrons. The van der Waals surface area contributed by atoms with Gasteiger partial charge in [0.25, 0.3) is 11.6 Å². The number of non-ortho nitro benzene ring substituents is 1. The molecule has 1 saturated heterocycles. The molecule has 1 heterocycles. The summed E-state index contributed by atoms with van der Waals surface area (Å²) in [6.45, 7) is 3.05. The van der Waals surface area contributed by atoms with Crippen LogP contribution in [0, 0.1) is 10.1 Å². The molecule has 1 amide bonds. The van der Waals surface area contributed by atoms with Crippen LogP contribution in [-0.2, 0) is 6.54 Å². The van der Waals surface area contributed by atoms with E-state index in [0.29, 0.717) is 54.1 Å². The normalized spacial score (nSPS) is 14.8. The maximum absolute atomic E-state index is 12.8. The lowest BCUT2D eigenvalue weighted by atomic mass is 10.1. The molecule has 0 unspecified atom stereocenters. The average Bonchev–Trinajstić information content (AvgIpc) is 2.68. The fourth-order valence-electron chi connectivity index (χ4n) is 3.20. The molecule has 0 bridgehead atoms. The van der Waals surface area contributed by atoms with E-state index in [1.54, 1.807) is 29.2 Å². The van der Waals surface area contributed by atoms with Gasteiger partial charge in [0.15, 0.2) is 5.75 Å². The van der Waals surface area contributed by atoms with Crippen LogP contribution < -0.4 is 4.74 Å². The second kappa shape index (κ2) is 8.77. The van der Waals surface area contributed by atoms with Gasteiger partial charge in [0.2, 0.25) is 0 Å². The summed E-state index contributed by atoms with van der Waals surface area (Å²) >= 11 is 12.3. The van der Waals surface area contributed by atoms with Crippen LogP contribution in [0.5, 0.6) is 5.75 Å². The molecule has 0 saturated carbocycles. The molecule has 2 aromatic carbocycles. The Morgan fingerprint density at radius 2 is 1.79 bits per heavy atom. The minimum absolute atomic E-state index is 0.0829. The number of hydrogen-bond acceptors (Lipinski definition) is 5. The first kappa shape index (κ1) is 20.4. The fourth-order valence-corrected chi connectivity index (χ4v) is 3.84. The Kier molecular flexibility index (Phi) is 6.39. The third kappa shape index (κ3) is 4.55. The topological polar surface area (TPSA) is 75.9 Å². The SMILES string of the molecule is COc1c(Cl)cc(C(=O)N2CCN(Cc3cccc([N+](=O)[O-])c3)CC2)cc1Cl. The maximum atomic E-state index is 12.8. The number of nitro groups is 1. The average molecular weight is 424 g/mol. The number of nitrogens with zero attached hydrogens (tertiary/aromatic N) is 3. The summed E-state index contributed by atoms with van der Waals surface area (Å²) in [6.07, 6.45) is 0. The van der Waals surface area contributed by atoms with E-state index in [2.05, 4.69) is 4.90 Å². The van der Waals surface area contributed by atoms with Gasteiger partial charge >= 0.3 is 0 Å². The van der Waals surface area contributed by atoms with Gasteiger partial charge in [-0.25, -0.2) is 0 Å². The van der Waals surface area contributed by atoms with E-state index < -0.39 is 4.92 Å². The molecule has 0 atom stereocenters. The molecule has 28 heavy (non-hydrogen) atoms. The van der Waals surface area contributed by atoms with Gasteiger partial charge in [0, 0.05) is 50.4 Å². The number of benzene rings is 2. The second-order valence-electron chi connectivity index (χ2n) is 6.47. The highest BCUT2D eigenvalue weighted by atomic mass is 35.5. The predicted octanol–water partition coefficient (Wildman–Crippen LogP) is 3.87. The minimum Gasteiger partial charge on any atom is -0.494 e. The first-order valence-electron chi connectivity index (χ1n) is 8.67. The Bertz CT molecular complexity index is 875. The van der Waals surface area contributed by atoms with Crippen molar-refractivity contribution in [3.05, 3.63) is 67.7 Å². The lowest BCUT2D eigenvalue weighted by molar-refractivity contribution is -0.384. The lowest BCUT2D eigenvalue weighted by Crippen LogP contribution is -2.48. The Labute approximate surface area is 172 Å². The number of methoxy groups -OCH3 is 1. The van der Waals surface area contributed by atoms with E-state index in [9.17, 15) is 14.9 Å². The Balaban J connectivity index is 1.61. The van der Waals surface area contributed by atoms with Crippen molar-refractivity contribution in [2.45, 2.75) is 6.54 Å². The van der Waals surface area contributed by atoms with Gasteiger partial charge in [-0.15, -0.1) is 0 Å². The zero-order valence-corrected chi connectivity index (χ0v) is 16.7. The van der Waals surface area contributed by atoms with Crippen LogP contribution in [0.4, 0.5) is 5.69 Å². The molecule has 0 spiro atoms. The molecule has 0 aromatic heterocycles. The van der Waals surface area contributed by atoms with Gasteiger partial charge in [-0.3, -0.25) is 19.8 Å². The molecule has 2 aromatic rings. The number of amides is 1.